The number of rotatable bonds is 64. The van der Waals surface area contributed by atoms with Gasteiger partial charge in [-0.15, -0.1) is 0 Å². The summed E-state index contributed by atoms with van der Waals surface area (Å²) in [6.07, 6.45) is 81.7. The van der Waals surface area contributed by atoms with E-state index in [9.17, 15) is 14.4 Å². The molecule has 0 saturated heterocycles. The van der Waals surface area contributed by atoms with E-state index in [1.54, 1.807) is 0 Å². The zero-order valence-electron chi connectivity index (χ0n) is 52.0. The van der Waals surface area contributed by atoms with E-state index in [2.05, 4.69) is 57.2 Å². The Bertz CT molecular complexity index is 1290. The first kappa shape index (κ1) is 74.6. The van der Waals surface area contributed by atoms with E-state index in [0.29, 0.717) is 19.3 Å². The van der Waals surface area contributed by atoms with Crippen molar-refractivity contribution in [2.24, 2.45) is 0 Å². The molecule has 0 radical (unpaired) electrons. The molecule has 77 heavy (non-hydrogen) atoms. The van der Waals surface area contributed by atoms with Crippen molar-refractivity contribution in [2.75, 3.05) is 13.2 Å². The van der Waals surface area contributed by atoms with Crippen LogP contribution in [-0.4, -0.2) is 37.2 Å². The van der Waals surface area contributed by atoms with E-state index in [0.717, 1.165) is 96.3 Å². The fourth-order valence-corrected chi connectivity index (χ4v) is 10.5. The van der Waals surface area contributed by atoms with Crippen molar-refractivity contribution < 1.29 is 28.6 Å². The van der Waals surface area contributed by atoms with Gasteiger partial charge in [0.1, 0.15) is 13.2 Å². The fraction of sp³-hybridized carbons (Fsp3) is 0.873. The largest absolute Gasteiger partial charge is 0.462 e. The monoisotopic (exact) mass is 1080 g/mol. The Morgan fingerprint density at radius 2 is 0.506 bits per heavy atom. The molecular formula is C71H132O6. The predicted molar refractivity (Wildman–Crippen MR) is 335 cm³/mol. The SMILES string of the molecule is CC/C=C\C/C=C\C/C=C\CCCCCCCC(=O)OCC(COC(=O)CCCCCCCCCCCCCCCCCCCCCCCCC)OC(=O)CCCCCCCCCCCCCCCCCCCCCCC. The summed E-state index contributed by atoms with van der Waals surface area (Å²) in [6, 6.07) is 0. The van der Waals surface area contributed by atoms with Crippen LogP contribution in [0, 0.1) is 0 Å². The minimum Gasteiger partial charge on any atom is -0.462 e. The number of allylic oxidation sites excluding steroid dienone is 6. The highest BCUT2D eigenvalue weighted by Gasteiger charge is 2.19. The summed E-state index contributed by atoms with van der Waals surface area (Å²) in [5.41, 5.74) is 0. The van der Waals surface area contributed by atoms with Gasteiger partial charge in [-0.1, -0.05) is 346 Å². The van der Waals surface area contributed by atoms with Crippen LogP contribution in [0.5, 0.6) is 0 Å². The zero-order chi connectivity index (χ0) is 55.7. The first-order valence-electron chi connectivity index (χ1n) is 34.5. The van der Waals surface area contributed by atoms with Crippen molar-refractivity contribution >= 4 is 17.9 Å². The smallest absolute Gasteiger partial charge is 0.306 e. The second kappa shape index (κ2) is 66.1. The van der Waals surface area contributed by atoms with Crippen molar-refractivity contribution in [1.29, 1.82) is 0 Å². The third-order valence-electron chi connectivity index (χ3n) is 15.7. The molecule has 1 unspecified atom stereocenters. The minimum absolute atomic E-state index is 0.0719. The molecule has 0 aliphatic heterocycles. The maximum absolute atomic E-state index is 12.9. The van der Waals surface area contributed by atoms with Crippen LogP contribution in [0.2, 0.25) is 0 Å². The highest BCUT2D eigenvalue weighted by atomic mass is 16.6. The molecule has 1 atom stereocenters. The lowest BCUT2D eigenvalue weighted by Crippen LogP contribution is -2.30. The summed E-state index contributed by atoms with van der Waals surface area (Å²) in [6.45, 7) is 6.60. The van der Waals surface area contributed by atoms with E-state index in [4.69, 9.17) is 14.2 Å². The van der Waals surface area contributed by atoms with Crippen LogP contribution in [0.15, 0.2) is 36.5 Å². The first-order valence-corrected chi connectivity index (χ1v) is 34.5. The minimum atomic E-state index is -0.777. The van der Waals surface area contributed by atoms with Crippen molar-refractivity contribution in [2.45, 2.75) is 386 Å². The van der Waals surface area contributed by atoms with E-state index in [1.165, 1.54) is 244 Å². The lowest BCUT2D eigenvalue weighted by molar-refractivity contribution is -0.167. The van der Waals surface area contributed by atoms with Crippen LogP contribution in [0.25, 0.3) is 0 Å². The molecule has 0 saturated carbocycles. The first-order chi connectivity index (χ1) is 38.0. The molecule has 0 heterocycles. The average Bonchev–Trinajstić information content (AvgIpc) is 3.43. The standard InChI is InChI=1S/C71H132O6/c1-4-7-10-13-16-19-22-25-28-30-32-34-35-37-38-40-43-46-49-52-55-58-61-64-70(73)76-67-68(66-75-69(72)63-60-57-54-51-48-45-42-27-24-21-18-15-12-9-6-3)77-71(74)65-62-59-56-53-50-47-44-41-39-36-33-31-29-26-23-20-17-14-11-8-5-2/h9,12,18,21,27,42,68H,4-8,10-11,13-17,19-20,22-26,28-41,43-67H2,1-3H3/b12-9-,21-18-,42-27-. The Morgan fingerprint density at radius 3 is 0.792 bits per heavy atom. The van der Waals surface area contributed by atoms with Crippen molar-refractivity contribution in [3.63, 3.8) is 0 Å². The van der Waals surface area contributed by atoms with Crippen LogP contribution in [0.1, 0.15) is 380 Å². The summed E-state index contributed by atoms with van der Waals surface area (Å²) in [7, 11) is 0. The third-order valence-corrected chi connectivity index (χ3v) is 15.7. The molecule has 0 rings (SSSR count). The number of ether oxygens (including phenoxy) is 3. The van der Waals surface area contributed by atoms with Gasteiger partial charge in [0.25, 0.3) is 0 Å². The van der Waals surface area contributed by atoms with Crippen molar-refractivity contribution in [3.05, 3.63) is 36.5 Å². The van der Waals surface area contributed by atoms with Gasteiger partial charge in [0.2, 0.25) is 0 Å². The summed E-state index contributed by atoms with van der Waals surface area (Å²) < 4.78 is 17.0. The van der Waals surface area contributed by atoms with Gasteiger partial charge in [-0.3, -0.25) is 14.4 Å². The Kier molecular flexibility index (Phi) is 64.1. The quantitative estimate of drug-likeness (QED) is 0.0261. The molecule has 0 bridgehead atoms. The van der Waals surface area contributed by atoms with Crippen molar-refractivity contribution in [3.8, 4) is 0 Å². The molecular weight excluding hydrogens is 949 g/mol. The molecule has 0 aliphatic carbocycles. The number of carbonyl (C=O) groups excluding carboxylic acids is 3. The van der Waals surface area contributed by atoms with Gasteiger partial charge >= 0.3 is 17.9 Å². The maximum Gasteiger partial charge on any atom is 0.306 e. The van der Waals surface area contributed by atoms with Crippen LogP contribution < -0.4 is 0 Å². The van der Waals surface area contributed by atoms with Gasteiger partial charge in [0.05, 0.1) is 0 Å². The number of esters is 3. The zero-order valence-corrected chi connectivity index (χ0v) is 52.0. The molecule has 0 amide bonds. The van der Waals surface area contributed by atoms with Crippen LogP contribution in [-0.2, 0) is 28.6 Å². The van der Waals surface area contributed by atoms with Crippen LogP contribution in [0.3, 0.4) is 0 Å². The van der Waals surface area contributed by atoms with E-state index >= 15 is 0 Å². The summed E-state index contributed by atoms with van der Waals surface area (Å²) in [5, 5.41) is 0. The predicted octanol–water partition coefficient (Wildman–Crippen LogP) is 23.6. The Labute approximate surface area is 480 Å². The van der Waals surface area contributed by atoms with Gasteiger partial charge < -0.3 is 14.2 Å². The molecule has 0 aromatic rings. The van der Waals surface area contributed by atoms with Gasteiger partial charge in [-0.2, -0.15) is 0 Å². The summed E-state index contributed by atoms with van der Waals surface area (Å²) in [4.78, 5) is 38.4. The Balaban J connectivity index is 4.27. The number of unbranched alkanes of at least 4 members (excludes halogenated alkanes) is 47. The highest BCUT2D eigenvalue weighted by molar-refractivity contribution is 5.71. The second-order valence-electron chi connectivity index (χ2n) is 23.4. The maximum atomic E-state index is 12.9. The number of hydrogen-bond acceptors (Lipinski definition) is 6. The summed E-state index contributed by atoms with van der Waals surface area (Å²) in [5.74, 6) is -0.859. The van der Waals surface area contributed by atoms with Gasteiger partial charge in [0, 0.05) is 19.3 Å². The normalized spacial score (nSPS) is 12.2. The molecule has 0 aliphatic rings. The van der Waals surface area contributed by atoms with Crippen LogP contribution in [0.4, 0.5) is 0 Å². The Hall–Kier alpha value is -2.37. The fourth-order valence-electron chi connectivity index (χ4n) is 10.5. The molecule has 0 N–H and O–H groups in total. The van der Waals surface area contributed by atoms with E-state index in [1.807, 2.05) is 0 Å². The highest BCUT2D eigenvalue weighted by Crippen LogP contribution is 2.19. The average molecular weight is 1080 g/mol. The molecule has 0 fully saturated rings. The molecule has 6 nitrogen and oxygen atoms in total. The lowest BCUT2D eigenvalue weighted by Gasteiger charge is -2.18. The van der Waals surface area contributed by atoms with E-state index < -0.39 is 6.10 Å². The molecule has 0 aromatic heterocycles. The van der Waals surface area contributed by atoms with Gasteiger partial charge in [-0.05, 0) is 51.4 Å². The molecule has 452 valence electrons. The third kappa shape index (κ3) is 64.3. The van der Waals surface area contributed by atoms with Gasteiger partial charge in [-0.25, -0.2) is 0 Å². The van der Waals surface area contributed by atoms with Gasteiger partial charge in [0.15, 0.2) is 6.10 Å². The van der Waals surface area contributed by atoms with E-state index in [-0.39, 0.29) is 31.1 Å². The molecule has 6 heteroatoms. The number of carbonyl (C=O) groups is 3. The second-order valence-corrected chi connectivity index (χ2v) is 23.4. The Morgan fingerprint density at radius 1 is 0.273 bits per heavy atom. The lowest BCUT2D eigenvalue weighted by atomic mass is 10.0. The molecule has 0 aromatic carbocycles. The summed E-state index contributed by atoms with van der Waals surface area (Å²) >= 11 is 0. The topological polar surface area (TPSA) is 78.9 Å². The molecule has 0 spiro atoms. The van der Waals surface area contributed by atoms with Crippen LogP contribution >= 0.6 is 0 Å². The van der Waals surface area contributed by atoms with Crippen molar-refractivity contribution in [1.82, 2.24) is 0 Å². The number of hydrogen-bond donors (Lipinski definition) is 0.